The van der Waals surface area contributed by atoms with Crippen LogP contribution in [0.15, 0.2) is 41.5 Å². The molecule has 1 aliphatic heterocycles. The van der Waals surface area contributed by atoms with Crippen molar-refractivity contribution in [3.63, 3.8) is 0 Å². The first-order valence-electron chi connectivity index (χ1n) is 11.4. The predicted octanol–water partition coefficient (Wildman–Crippen LogP) is 5.13. The third kappa shape index (κ3) is 5.33. The number of hydrogen-bond acceptors (Lipinski definition) is 5. The molecule has 0 spiro atoms. The third-order valence-electron chi connectivity index (χ3n) is 6.03. The van der Waals surface area contributed by atoms with E-state index in [4.69, 9.17) is 4.74 Å². The van der Waals surface area contributed by atoms with Gasteiger partial charge in [0, 0.05) is 18.8 Å². The highest BCUT2D eigenvalue weighted by Crippen LogP contribution is 2.33. The number of hydrogen-bond donors (Lipinski definition) is 0. The summed E-state index contributed by atoms with van der Waals surface area (Å²) in [6, 6.07) is 6.86. The standard InChI is InChI=1S/C24H27F3N4O2S/c1-3-4-13-31-19-8-5-11-28-22(19)34-23(31)29-21(32)18-14-16(24(25,26)27)9-10-20(18)33-15-17-7-6-12-30(17)2/h5,8-11,14,17H,3-4,6-7,12-13,15H2,1-2H3/t17-/m0/s1. The van der Waals surface area contributed by atoms with E-state index in [0.717, 1.165) is 54.7 Å². The van der Waals surface area contributed by atoms with Crippen molar-refractivity contribution in [1.29, 1.82) is 0 Å². The third-order valence-corrected chi connectivity index (χ3v) is 7.04. The minimum Gasteiger partial charge on any atom is -0.491 e. The number of pyridine rings is 1. The first-order chi connectivity index (χ1) is 16.3. The van der Waals surface area contributed by atoms with Gasteiger partial charge in [0.05, 0.1) is 16.6 Å². The van der Waals surface area contributed by atoms with Gasteiger partial charge in [0.2, 0.25) is 0 Å². The first-order valence-corrected chi connectivity index (χ1v) is 12.2. The van der Waals surface area contributed by atoms with Crippen LogP contribution in [0.4, 0.5) is 13.2 Å². The van der Waals surface area contributed by atoms with Gasteiger partial charge in [-0.2, -0.15) is 18.2 Å². The minimum atomic E-state index is -4.58. The molecule has 2 aromatic heterocycles. The van der Waals surface area contributed by atoms with Crippen LogP contribution in [0.3, 0.4) is 0 Å². The molecule has 10 heteroatoms. The van der Waals surface area contributed by atoms with Crippen LogP contribution in [-0.2, 0) is 12.7 Å². The molecule has 0 aliphatic carbocycles. The number of carbonyl (C=O) groups is 1. The van der Waals surface area contributed by atoms with Gasteiger partial charge in [-0.15, -0.1) is 0 Å². The summed E-state index contributed by atoms with van der Waals surface area (Å²) in [7, 11) is 1.99. The Hall–Kier alpha value is -2.72. The number of nitrogens with zero attached hydrogens (tertiary/aromatic N) is 4. The summed E-state index contributed by atoms with van der Waals surface area (Å²) in [5.41, 5.74) is -0.256. The number of likely N-dealkylation sites (tertiary alicyclic amines) is 1. The summed E-state index contributed by atoms with van der Waals surface area (Å²) < 4.78 is 48.0. The fraction of sp³-hybridized carbons (Fsp3) is 0.458. The number of aromatic nitrogens is 2. The average molecular weight is 493 g/mol. The Morgan fingerprint density at radius 3 is 2.85 bits per heavy atom. The highest BCUT2D eigenvalue weighted by molar-refractivity contribution is 7.15. The van der Waals surface area contributed by atoms with E-state index in [1.54, 1.807) is 6.20 Å². The van der Waals surface area contributed by atoms with Gasteiger partial charge < -0.3 is 14.2 Å². The van der Waals surface area contributed by atoms with Gasteiger partial charge in [-0.05, 0) is 63.2 Å². The molecule has 0 radical (unpaired) electrons. The molecule has 1 aromatic carbocycles. The molecule has 6 nitrogen and oxygen atoms in total. The van der Waals surface area contributed by atoms with E-state index in [2.05, 4.69) is 21.8 Å². The van der Waals surface area contributed by atoms with Crippen molar-refractivity contribution >= 4 is 27.6 Å². The van der Waals surface area contributed by atoms with E-state index in [-0.39, 0.29) is 17.4 Å². The Morgan fingerprint density at radius 2 is 2.15 bits per heavy atom. The Kier molecular flexibility index (Phi) is 7.37. The number of benzene rings is 1. The Balaban J connectivity index is 1.73. The van der Waals surface area contributed by atoms with Crippen molar-refractivity contribution in [1.82, 2.24) is 14.5 Å². The summed E-state index contributed by atoms with van der Waals surface area (Å²) in [4.78, 5) is 25.1. The topological polar surface area (TPSA) is 59.7 Å². The second-order valence-corrected chi connectivity index (χ2v) is 9.39. The van der Waals surface area contributed by atoms with Crippen LogP contribution in [0.1, 0.15) is 48.5 Å². The van der Waals surface area contributed by atoms with Crippen molar-refractivity contribution in [3.8, 4) is 5.75 Å². The molecular formula is C24H27F3N4O2S. The van der Waals surface area contributed by atoms with Crippen LogP contribution >= 0.6 is 11.3 Å². The number of amides is 1. The molecule has 0 saturated carbocycles. The molecule has 0 bridgehead atoms. The van der Waals surface area contributed by atoms with Crippen molar-refractivity contribution in [2.24, 2.45) is 4.99 Å². The highest BCUT2D eigenvalue weighted by Gasteiger charge is 2.32. The number of thiazole rings is 1. The lowest BCUT2D eigenvalue weighted by atomic mass is 10.1. The fourth-order valence-electron chi connectivity index (χ4n) is 4.05. The lowest BCUT2D eigenvalue weighted by Crippen LogP contribution is -2.30. The van der Waals surface area contributed by atoms with Gasteiger partial charge in [0.15, 0.2) is 4.80 Å². The largest absolute Gasteiger partial charge is 0.491 e. The molecule has 1 saturated heterocycles. The molecule has 3 heterocycles. The van der Waals surface area contributed by atoms with E-state index in [1.165, 1.54) is 17.4 Å². The van der Waals surface area contributed by atoms with Gasteiger partial charge in [0.1, 0.15) is 17.2 Å². The SMILES string of the molecule is CCCCn1c(=NC(=O)c2cc(C(F)(F)F)ccc2OC[C@@H]2CCCN2C)sc2ncccc21. The summed E-state index contributed by atoms with van der Waals surface area (Å²) in [5, 5.41) is 0. The highest BCUT2D eigenvalue weighted by atomic mass is 32.1. The zero-order valence-electron chi connectivity index (χ0n) is 19.1. The molecule has 4 rings (SSSR count). The molecule has 0 unspecified atom stereocenters. The van der Waals surface area contributed by atoms with Crippen LogP contribution in [0, 0.1) is 0 Å². The van der Waals surface area contributed by atoms with Gasteiger partial charge in [0.25, 0.3) is 5.91 Å². The lowest BCUT2D eigenvalue weighted by molar-refractivity contribution is -0.137. The second kappa shape index (κ2) is 10.3. The molecular weight excluding hydrogens is 465 g/mol. The van der Waals surface area contributed by atoms with E-state index in [9.17, 15) is 18.0 Å². The van der Waals surface area contributed by atoms with E-state index >= 15 is 0 Å². The average Bonchev–Trinajstić information content (AvgIpc) is 3.37. The molecule has 0 N–H and O–H groups in total. The zero-order valence-corrected chi connectivity index (χ0v) is 20.0. The maximum Gasteiger partial charge on any atom is 0.416 e. The van der Waals surface area contributed by atoms with Crippen molar-refractivity contribution < 1.29 is 22.7 Å². The van der Waals surface area contributed by atoms with Crippen molar-refractivity contribution in [2.75, 3.05) is 20.2 Å². The quantitative estimate of drug-likeness (QED) is 0.459. The van der Waals surface area contributed by atoms with Crippen LogP contribution in [-0.4, -0.2) is 46.6 Å². The molecule has 1 atom stereocenters. The lowest BCUT2D eigenvalue weighted by Gasteiger charge is -2.20. The second-order valence-electron chi connectivity index (χ2n) is 8.43. The van der Waals surface area contributed by atoms with E-state index in [1.807, 2.05) is 23.7 Å². The summed E-state index contributed by atoms with van der Waals surface area (Å²) >= 11 is 1.24. The summed E-state index contributed by atoms with van der Waals surface area (Å²) in [6.07, 6.45) is 0.872. The molecule has 1 aliphatic rings. The molecule has 3 aromatic rings. The number of unbranched alkanes of at least 4 members (excludes halogenated alkanes) is 1. The minimum absolute atomic E-state index is 0.112. The van der Waals surface area contributed by atoms with Crippen LogP contribution in [0.5, 0.6) is 5.75 Å². The number of halogens is 3. The van der Waals surface area contributed by atoms with Crippen LogP contribution in [0.25, 0.3) is 10.3 Å². The number of aryl methyl sites for hydroxylation is 1. The monoisotopic (exact) mass is 492 g/mol. The molecule has 182 valence electrons. The number of alkyl halides is 3. The van der Waals surface area contributed by atoms with Crippen LogP contribution in [0.2, 0.25) is 0 Å². The van der Waals surface area contributed by atoms with Gasteiger partial charge in [-0.1, -0.05) is 24.7 Å². The molecule has 1 fully saturated rings. The Morgan fingerprint density at radius 1 is 1.32 bits per heavy atom. The number of ether oxygens (including phenoxy) is 1. The molecule has 34 heavy (non-hydrogen) atoms. The van der Waals surface area contributed by atoms with E-state index < -0.39 is 17.6 Å². The predicted molar refractivity (Wildman–Crippen MR) is 125 cm³/mol. The van der Waals surface area contributed by atoms with Gasteiger partial charge in [-0.3, -0.25) is 4.79 Å². The first kappa shape index (κ1) is 24.4. The maximum absolute atomic E-state index is 13.4. The normalized spacial score (nSPS) is 17.6. The van der Waals surface area contributed by atoms with E-state index in [0.29, 0.717) is 18.0 Å². The number of carbonyl (C=O) groups excluding carboxylic acids is 1. The van der Waals surface area contributed by atoms with Gasteiger partial charge in [-0.25, -0.2) is 4.98 Å². The zero-order chi connectivity index (χ0) is 24.3. The number of rotatable bonds is 7. The van der Waals surface area contributed by atoms with Crippen LogP contribution < -0.4 is 9.54 Å². The number of fused-ring (bicyclic) bond motifs is 1. The number of likely N-dealkylation sites (N-methyl/N-ethyl adjacent to an activating group) is 1. The maximum atomic E-state index is 13.4. The smallest absolute Gasteiger partial charge is 0.416 e. The Labute approximate surface area is 199 Å². The van der Waals surface area contributed by atoms with Gasteiger partial charge >= 0.3 is 6.18 Å². The summed E-state index contributed by atoms with van der Waals surface area (Å²) in [6.45, 7) is 3.93. The van der Waals surface area contributed by atoms with Crippen molar-refractivity contribution in [3.05, 3.63) is 52.5 Å². The summed E-state index contributed by atoms with van der Waals surface area (Å²) in [5.74, 6) is -0.654. The molecule has 1 amide bonds. The Bertz CT molecular complexity index is 1230. The fourth-order valence-corrected chi connectivity index (χ4v) is 5.05. The van der Waals surface area contributed by atoms with Crippen molar-refractivity contribution in [2.45, 2.75) is 51.4 Å².